The quantitative estimate of drug-likeness (QED) is 0.686. The first-order valence-corrected chi connectivity index (χ1v) is 9.01. The van der Waals surface area contributed by atoms with E-state index in [0.717, 1.165) is 24.0 Å². The Kier molecular flexibility index (Phi) is 6.59. The van der Waals surface area contributed by atoms with Gasteiger partial charge in [0.2, 0.25) is 5.88 Å². The standard InChI is InChI=1S/C20H24FN3O3/c1-26-10-11-27-19-9-4-16(12-22-19)13-23-20(25)24(18-7-8-18)14-15-2-5-17(21)6-3-15/h2-6,9,12,18H,7-8,10-11,13-14H2,1H3,(H,23,25). The molecular formula is C20H24FN3O3. The maximum atomic E-state index is 13.1. The van der Waals surface area contributed by atoms with E-state index < -0.39 is 0 Å². The van der Waals surface area contributed by atoms with Crippen LogP contribution in [0.3, 0.4) is 0 Å². The lowest BCUT2D eigenvalue weighted by atomic mass is 10.2. The van der Waals surface area contributed by atoms with Gasteiger partial charge in [0, 0.05) is 38.5 Å². The maximum Gasteiger partial charge on any atom is 0.318 e. The van der Waals surface area contributed by atoms with Crippen LogP contribution in [0.2, 0.25) is 0 Å². The Hall–Kier alpha value is -2.67. The number of aromatic nitrogens is 1. The van der Waals surface area contributed by atoms with E-state index in [1.807, 2.05) is 11.0 Å². The summed E-state index contributed by atoms with van der Waals surface area (Å²) in [6.07, 6.45) is 3.69. The number of nitrogens with zero attached hydrogens (tertiary/aromatic N) is 2. The number of urea groups is 1. The average molecular weight is 373 g/mol. The first-order valence-electron chi connectivity index (χ1n) is 9.01. The van der Waals surface area contributed by atoms with Crippen molar-refractivity contribution in [2.45, 2.75) is 32.0 Å². The molecule has 0 saturated heterocycles. The smallest absolute Gasteiger partial charge is 0.318 e. The molecule has 6 nitrogen and oxygen atoms in total. The number of carbonyl (C=O) groups excluding carboxylic acids is 1. The summed E-state index contributed by atoms with van der Waals surface area (Å²) in [5.74, 6) is 0.251. The molecule has 3 rings (SSSR count). The van der Waals surface area contributed by atoms with Gasteiger partial charge in [0.05, 0.1) is 6.61 Å². The van der Waals surface area contributed by atoms with Crippen LogP contribution < -0.4 is 10.1 Å². The van der Waals surface area contributed by atoms with Gasteiger partial charge in [0.1, 0.15) is 12.4 Å². The van der Waals surface area contributed by atoms with Crippen LogP contribution in [-0.2, 0) is 17.8 Å². The van der Waals surface area contributed by atoms with E-state index in [1.54, 1.807) is 31.5 Å². The molecule has 0 spiro atoms. The third kappa shape index (κ3) is 5.92. The first-order chi connectivity index (χ1) is 13.2. The van der Waals surface area contributed by atoms with Gasteiger partial charge in [0.25, 0.3) is 0 Å². The number of methoxy groups -OCH3 is 1. The molecule has 1 aliphatic rings. The second-order valence-electron chi connectivity index (χ2n) is 6.49. The van der Waals surface area contributed by atoms with Crippen molar-refractivity contribution >= 4 is 6.03 Å². The third-order valence-electron chi connectivity index (χ3n) is 4.29. The molecule has 1 heterocycles. The highest BCUT2D eigenvalue weighted by Gasteiger charge is 2.32. The van der Waals surface area contributed by atoms with E-state index in [-0.39, 0.29) is 17.9 Å². The van der Waals surface area contributed by atoms with Gasteiger partial charge >= 0.3 is 6.03 Å². The van der Waals surface area contributed by atoms with Crippen molar-refractivity contribution in [3.63, 3.8) is 0 Å². The summed E-state index contributed by atoms with van der Waals surface area (Å²) in [6, 6.07) is 10.0. The Labute approximate surface area is 158 Å². The van der Waals surface area contributed by atoms with Crippen molar-refractivity contribution in [2.75, 3.05) is 20.3 Å². The molecule has 0 aliphatic heterocycles. The number of halogens is 1. The summed E-state index contributed by atoms with van der Waals surface area (Å²) in [5, 5.41) is 2.94. The third-order valence-corrected chi connectivity index (χ3v) is 4.29. The van der Waals surface area contributed by atoms with Gasteiger partial charge in [0.15, 0.2) is 0 Å². The fourth-order valence-corrected chi connectivity index (χ4v) is 2.65. The monoisotopic (exact) mass is 373 g/mol. The van der Waals surface area contributed by atoms with Crippen LogP contribution in [0.5, 0.6) is 5.88 Å². The van der Waals surface area contributed by atoms with Gasteiger partial charge in [-0.1, -0.05) is 18.2 Å². The molecule has 27 heavy (non-hydrogen) atoms. The predicted molar refractivity (Wildman–Crippen MR) is 98.8 cm³/mol. The SMILES string of the molecule is COCCOc1ccc(CNC(=O)N(Cc2ccc(F)cc2)C2CC2)cn1. The first kappa shape index (κ1) is 19.1. The van der Waals surface area contributed by atoms with Gasteiger partial charge in [-0.25, -0.2) is 14.2 Å². The number of ether oxygens (including phenoxy) is 2. The van der Waals surface area contributed by atoms with E-state index in [0.29, 0.717) is 32.2 Å². The van der Waals surface area contributed by atoms with Gasteiger partial charge in [-0.05, 0) is 36.1 Å². The lowest BCUT2D eigenvalue weighted by Crippen LogP contribution is -2.40. The molecule has 0 unspecified atom stereocenters. The van der Waals surface area contributed by atoms with Crippen LogP contribution >= 0.6 is 0 Å². The van der Waals surface area contributed by atoms with Gasteiger partial charge < -0.3 is 19.7 Å². The normalized spacial score (nSPS) is 13.3. The average Bonchev–Trinajstić information content (AvgIpc) is 3.52. The van der Waals surface area contributed by atoms with E-state index in [9.17, 15) is 9.18 Å². The predicted octanol–water partition coefficient (Wildman–Crippen LogP) is 3.12. The van der Waals surface area contributed by atoms with Crippen LogP contribution in [0.15, 0.2) is 42.6 Å². The number of benzene rings is 1. The Morgan fingerprint density at radius 2 is 1.93 bits per heavy atom. The minimum absolute atomic E-state index is 0.123. The summed E-state index contributed by atoms with van der Waals surface area (Å²) < 4.78 is 23.4. The van der Waals surface area contributed by atoms with E-state index in [2.05, 4.69) is 10.3 Å². The fourth-order valence-electron chi connectivity index (χ4n) is 2.65. The summed E-state index contributed by atoms with van der Waals surface area (Å²) in [4.78, 5) is 18.6. The molecule has 0 atom stereocenters. The van der Waals surface area contributed by atoms with Gasteiger partial charge in [-0.2, -0.15) is 0 Å². The molecule has 7 heteroatoms. The second-order valence-corrected chi connectivity index (χ2v) is 6.49. The Balaban J connectivity index is 1.51. The van der Waals surface area contributed by atoms with Crippen molar-refractivity contribution in [3.05, 3.63) is 59.5 Å². The van der Waals surface area contributed by atoms with Crippen molar-refractivity contribution in [1.82, 2.24) is 15.2 Å². The van der Waals surface area contributed by atoms with Crippen molar-refractivity contribution in [2.24, 2.45) is 0 Å². The topological polar surface area (TPSA) is 63.7 Å². The molecule has 2 aromatic rings. The number of rotatable bonds is 9. The lowest BCUT2D eigenvalue weighted by molar-refractivity contribution is 0.143. The molecule has 0 radical (unpaired) electrons. The molecule has 2 amide bonds. The largest absolute Gasteiger partial charge is 0.475 e. The number of pyridine rings is 1. The number of nitrogens with one attached hydrogen (secondary N) is 1. The molecule has 144 valence electrons. The fraction of sp³-hybridized carbons (Fsp3) is 0.400. The minimum atomic E-state index is -0.275. The molecule has 1 fully saturated rings. The van der Waals surface area contributed by atoms with E-state index in [4.69, 9.17) is 9.47 Å². The molecule has 1 aromatic heterocycles. The number of hydrogen-bond donors (Lipinski definition) is 1. The summed E-state index contributed by atoms with van der Waals surface area (Å²) in [7, 11) is 1.61. The Bertz CT molecular complexity index is 733. The van der Waals surface area contributed by atoms with Crippen molar-refractivity contribution in [3.8, 4) is 5.88 Å². The van der Waals surface area contributed by atoms with Gasteiger partial charge in [-0.15, -0.1) is 0 Å². The zero-order valence-electron chi connectivity index (χ0n) is 15.4. The number of hydrogen-bond acceptors (Lipinski definition) is 4. The number of amides is 2. The summed E-state index contributed by atoms with van der Waals surface area (Å²) in [5.41, 5.74) is 1.80. The zero-order valence-corrected chi connectivity index (χ0v) is 15.4. The molecule has 0 bridgehead atoms. The van der Waals surface area contributed by atoms with E-state index >= 15 is 0 Å². The summed E-state index contributed by atoms with van der Waals surface area (Å²) >= 11 is 0. The maximum absolute atomic E-state index is 13.1. The molecular weight excluding hydrogens is 349 g/mol. The van der Waals surface area contributed by atoms with Crippen LogP contribution in [0.4, 0.5) is 9.18 Å². The minimum Gasteiger partial charge on any atom is -0.475 e. The zero-order chi connectivity index (χ0) is 19.1. The highest BCUT2D eigenvalue weighted by Crippen LogP contribution is 2.28. The highest BCUT2D eigenvalue weighted by atomic mass is 19.1. The molecule has 1 saturated carbocycles. The van der Waals surface area contributed by atoms with Crippen LogP contribution in [-0.4, -0.2) is 42.3 Å². The van der Waals surface area contributed by atoms with Crippen molar-refractivity contribution in [1.29, 1.82) is 0 Å². The van der Waals surface area contributed by atoms with Crippen LogP contribution in [0.25, 0.3) is 0 Å². The molecule has 1 aromatic carbocycles. The van der Waals surface area contributed by atoms with Crippen LogP contribution in [0.1, 0.15) is 24.0 Å². The number of carbonyl (C=O) groups is 1. The second kappa shape index (κ2) is 9.32. The molecule has 1 N–H and O–H groups in total. The lowest BCUT2D eigenvalue weighted by Gasteiger charge is -2.23. The van der Waals surface area contributed by atoms with Gasteiger partial charge in [-0.3, -0.25) is 0 Å². The molecule has 1 aliphatic carbocycles. The van der Waals surface area contributed by atoms with Crippen molar-refractivity contribution < 1.29 is 18.7 Å². The van der Waals surface area contributed by atoms with E-state index in [1.165, 1.54) is 12.1 Å². The van der Waals surface area contributed by atoms with Crippen LogP contribution in [0, 0.1) is 5.82 Å². The Morgan fingerprint density at radius 1 is 1.19 bits per heavy atom. The Morgan fingerprint density at radius 3 is 2.56 bits per heavy atom. The summed E-state index contributed by atoms with van der Waals surface area (Å²) in [6.45, 7) is 1.81. The highest BCUT2D eigenvalue weighted by molar-refractivity contribution is 5.75.